The molecule has 0 bridgehead atoms. The van der Waals surface area contributed by atoms with Crippen LogP contribution in [0.1, 0.15) is 33.6 Å². The first-order valence-electron chi connectivity index (χ1n) is 8.93. The van der Waals surface area contributed by atoms with Gasteiger partial charge in [0.25, 0.3) is 0 Å². The molecule has 0 unspecified atom stereocenters. The maximum atomic E-state index is 5.87. The van der Waals surface area contributed by atoms with Crippen molar-refractivity contribution in [1.29, 1.82) is 0 Å². The van der Waals surface area contributed by atoms with Crippen molar-refractivity contribution >= 4 is 7.12 Å². The molecule has 0 aromatic rings. The molecule has 0 aromatic heterocycles. The Balaban J connectivity index is 0.000000820. The van der Waals surface area contributed by atoms with Gasteiger partial charge < -0.3 is 14.2 Å². The molecule has 0 N–H and O–H groups in total. The predicted molar refractivity (Wildman–Crippen MR) is 102 cm³/mol. The zero-order valence-electron chi connectivity index (χ0n) is 16.2. The molecule has 25 heavy (non-hydrogen) atoms. The molecular weight excluding hydrogens is 353 g/mol. The molecule has 0 spiro atoms. The van der Waals surface area contributed by atoms with Crippen molar-refractivity contribution in [2.75, 3.05) is 27.3 Å². The summed E-state index contributed by atoms with van der Waals surface area (Å²) in [4.78, 5) is 2.20. The fraction of sp³-hybridized carbons (Fsp3) is 0.500. The van der Waals surface area contributed by atoms with Crippen LogP contribution in [0.5, 0.6) is 0 Å². The van der Waals surface area contributed by atoms with E-state index in [-0.39, 0.29) is 24.2 Å². The van der Waals surface area contributed by atoms with Crippen LogP contribution in [0.15, 0.2) is 0 Å². The molecule has 2 fully saturated rings. The molecule has 2 rings (SSSR count). The van der Waals surface area contributed by atoms with E-state index in [1.807, 2.05) is 32.1 Å². The SMILES string of the molecule is CCCOB(OCCC)[C]1[CH][CH][CH][C]1[C@@H](C)N(C)C.[CH]1[CH][CH][CH][CH]1.[Fe+2]. The van der Waals surface area contributed by atoms with Crippen LogP contribution in [0.2, 0.25) is 0 Å². The Kier molecular flexibility index (Phi) is 15.8. The van der Waals surface area contributed by atoms with Crippen LogP contribution >= 0.6 is 0 Å². The van der Waals surface area contributed by atoms with Gasteiger partial charge in [-0.1, -0.05) is 13.8 Å². The minimum atomic E-state index is -0.229. The van der Waals surface area contributed by atoms with E-state index in [9.17, 15) is 0 Å². The number of nitrogens with zero attached hydrogens (tertiary/aromatic N) is 1. The van der Waals surface area contributed by atoms with Crippen LogP contribution in [0.3, 0.4) is 0 Å². The van der Waals surface area contributed by atoms with Crippen molar-refractivity contribution in [2.24, 2.45) is 0 Å². The summed E-state index contributed by atoms with van der Waals surface area (Å²) in [6.45, 7) is 7.90. The average Bonchev–Trinajstić information content (AvgIpc) is 3.28. The number of hydrogen-bond acceptors (Lipinski definition) is 3. The minimum absolute atomic E-state index is 0. The standard InChI is InChI=1S/C15H27BNO2.C5H5.Fe/c1-6-11-18-16(19-12-7-2)15-10-8-9-14(15)13(3)17(4)5;1-2-4-5-3-1;/h8-10,13H,6-7,11-12H2,1-5H3;1-5H;/q;;+2/t13-;;/m1../s1. The molecule has 0 amide bonds. The van der Waals surface area contributed by atoms with Gasteiger partial charge in [-0.2, -0.15) is 0 Å². The van der Waals surface area contributed by atoms with Gasteiger partial charge in [-0.25, -0.2) is 0 Å². The summed E-state index contributed by atoms with van der Waals surface area (Å²) in [5.41, 5.74) is 0. The fourth-order valence-corrected chi connectivity index (χ4v) is 2.32. The van der Waals surface area contributed by atoms with Crippen molar-refractivity contribution < 1.29 is 26.4 Å². The molecule has 2 aliphatic carbocycles. The van der Waals surface area contributed by atoms with Crippen molar-refractivity contribution in [3.05, 3.63) is 63.1 Å². The normalized spacial score (nSPS) is 19.4. The van der Waals surface area contributed by atoms with E-state index >= 15 is 0 Å². The van der Waals surface area contributed by atoms with Crippen LogP contribution in [0.25, 0.3) is 0 Å². The van der Waals surface area contributed by atoms with E-state index in [2.05, 4.69) is 59.0 Å². The topological polar surface area (TPSA) is 21.7 Å². The van der Waals surface area contributed by atoms with Gasteiger partial charge in [0, 0.05) is 31.0 Å². The van der Waals surface area contributed by atoms with Gasteiger partial charge in [0.05, 0.1) is 0 Å². The molecule has 0 saturated heterocycles. The molecule has 3 nitrogen and oxygen atoms in total. The Morgan fingerprint density at radius 3 is 1.76 bits per heavy atom. The van der Waals surface area contributed by atoms with Crippen molar-refractivity contribution in [3.63, 3.8) is 0 Å². The zero-order chi connectivity index (χ0) is 17.8. The fourth-order valence-electron chi connectivity index (χ4n) is 2.32. The first kappa shape index (κ1) is 25.5. The molecule has 0 aliphatic heterocycles. The van der Waals surface area contributed by atoms with Crippen LogP contribution in [-0.4, -0.2) is 45.4 Å². The van der Waals surface area contributed by atoms with E-state index in [4.69, 9.17) is 9.31 Å². The third-order valence-corrected chi connectivity index (χ3v) is 3.87. The smallest absolute Gasteiger partial charge is 0.411 e. The first-order valence-corrected chi connectivity index (χ1v) is 8.93. The zero-order valence-corrected chi connectivity index (χ0v) is 17.3. The van der Waals surface area contributed by atoms with E-state index < -0.39 is 0 Å². The molecule has 1 atom stereocenters. The third kappa shape index (κ3) is 9.82. The average molecular weight is 385 g/mol. The largest absolute Gasteiger partial charge is 2.00 e. The summed E-state index contributed by atoms with van der Waals surface area (Å²) in [5.74, 6) is 2.46. The van der Waals surface area contributed by atoms with Gasteiger partial charge in [0.15, 0.2) is 0 Å². The Morgan fingerprint density at radius 1 is 0.880 bits per heavy atom. The quantitative estimate of drug-likeness (QED) is 0.566. The summed E-state index contributed by atoms with van der Waals surface area (Å²) < 4.78 is 11.7. The summed E-state index contributed by atoms with van der Waals surface area (Å²) in [7, 11) is 3.96. The van der Waals surface area contributed by atoms with Crippen LogP contribution < -0.4 is 0 Å². The second-order valence-corrected chi connectivity index (χ2v) is 6.11. The summed E-state index contributed by atoms with van der Waals surface area (Å²) in [6.07, 6.45) is 18.4. The van der Waals surface area contributed by atoms with Gasteiger partial charge in [0.1, 0.15) is 0 Å². The van der Waals surface area contributed by atoms with Gasteiger partial charge in [-0.05, 0) is 85.2 Å². The molecule has 2 aliphatic rings. The van der Waals surface area contributed by atoms with Crippen molar-refractivity contribution in [1.82, 2.24) is 4.90 Å². The van der Waals surface area contributed by atoms with Gasteiger partial charge >= 0.3 is 24.2 Å². The van der Waals surface area contributed by atoms with Gasteiger partial charge in [-0.3, -0.25) is 0 Å². The second-order valence-electron chi connectivity index (χ2n) is 6.11. The third-order valence-electron chi connectivity index (χ3n) is 3.87. The van der Waals surface area contributed by atoms with Gasteiger partial charge in [-0.15, -0.1) is 0 Å². The molecular formula is C20H32BFeNO2+2. The maximum absolute atomic E-state index is 5.87. The Bertz CT molecular complexity index is 288. The Morgan fingerprint density at radius 2 is 1.36 bits per heavy atom. The van der Waals surface area contributed by atoms with E-state index in [0.717, 1.165) is 26.1 Å². The molecule has 2 saturated carbocycles. The Labute approximate surface area is 168 Å². The Hall–Kier alpha value is 0.464. The number of rotatable bonds is 9. The van der Waals surface area contributed by atoms with Crippen LogP contribution in [-0.2, 0) is 26.4 Å². The monoisotopic (exact) mass is 385 g/mol. The van der Waals surface area contributed by atoms with E-state index in [1.165, 1.54) is 11.7 Å². The van der Waals surface area contributed by atoms with E-state index in [0.29, 0.717) is 6.04 Å². The first-order chi connectivity index (χ1) is 11.6. The van der Waals surface area contributed by atoms with Crippen molar-refractivity contribution in [3.8, 4) is 0 Å². The summed E-state index contributed by atoms with van der Waals surface area (Å²) in [6, 6.07) is 0.364. The molecule has 5 heteroatoms. The van der Waals surface area contributed by atoms with Gasteiger partial charge in [0.2, 0.25) is 0 Å². The summed E-state index contributed by atoms with van der Waals surface area (Å²) in [5, 5.41) is 0. The molecule has 0 aromatic carbocycles. The molecule has 138 valence electrons. The minimum Gasteiger partial charge on any atom is -0.411 e. The van der Waals surface area contributed by atoms with E-state index in [1.54, 1.807) is 0 Å². The summed E-state index contributed by atoms with van der Waals surface area (Å²) >= 11 is 0. The van der Waals surface area contributed by atoms with Crippen LogP contribution in [0.4, 0.5) is 0 Å². The number of hydrogen-bond donors (Lipinski definition) is 0. The predicted octanol–water partition coefficient (Wildman–Crippen LogP) is 3.61. The van der Waals surface area contributed by atoms with Crippen LogP contribution in [0, 0.1) is 63.1 Å². The molecule has 0 heterocycles. The van der Waals surface area contributed by atoms with Crippen molar-refractivity contribution in [2.45, 2.75) is 39.7 Å². The second kappa shape index (κ2) is 15.5. The molecule has 10 radical (unpaired) electrons. The maximum Gasteiger partial charge on any atom is 2.00 e.